The topological polar surface area (TPSA) is 113 Å². The van der Waals surface area contributed by atoms with Gasteiger partial charge in [0.1, 0.15) is 23.3 Å². The Morgan fingerprint density at radius 3 is 2.41 bits per heavy atom. The average Bonchev–Trinajstić information content (AvgIpc) is 3.62. The number of benzene rings is 2. The zero-order valence-corrected chi connectivity index (χ0v) is 22.4. The van der Waals surface area contributed by atoms with E-state index in [1.807, 2.05) is 77.5 Å². The van der Waals surface area contributed by atoms with Crippen LogP contribution in [0.2, 0.25) is 0 Å². The van der Waals surface area contributed by atoms with Crippen LogP contribution in [0, 0.1) is 0 Å². The quantitative estimate of drug-likeness (QED) is 0.137. The van der Waals surface area contributed by atoms with Crippen molar-refractivity contribution in [2.75, 3.05) is 11.8 Å². The normalized spacial score (nSPS) is 12.4. The van der Waals surface area contributed by atoms with Crippen LogP contribution in [0.4, 0.5) is 10.5 Å². The highest BCUT2D eigenvalue weighted by Crippen LogP contribution is 2.30. The van der Waals surface area contributed by atoms with Crippen molar-refractivity contribution in [3.63, 3.8) is 0 Å². The number of rotatable bonds is 11. The number of methoxy groups -OCH3 is 1. The number of ether oxygens (including phenoxy) is 1. The molecule has 0 saturated heterocycles. The van der Waals surface area contributed by atoms with Gasteiger partial charge in [-0.25, -0.2) is 9.78 Å². The molecule has 0 saturated carbocycles. The fourth-order valence-corrected chi connectivity index (χ4v) is 5.59. The molecular formula is C26H26N4O4S3. The van der Waals surface area contributed by atoms with E-state index in [1.54, 1.807) is 11.3 Å². The third-order valence-electron chi connectivity index (χ3n) is 5.54. The van der Waals surface area contributed by atoms with Gasteiger partial charge < -0.3 is 24.6 Å². The minimum Gasteiger partial charge on any atom is -0.453 e. The van der Waals surface area contributed by atoms with Crippen molar-refractivity contribution in [3.8, 4) is 10.6 Å². The van der Waals surface area contributed by atoms with E-state index in [2.05, 4.69) is 15.4 Å². The summed E-state index contributed by atoms with van der Waals surface area (Å²) in [4.78, 5) is 31.4. The molecule has 0 radical (unpaired) electrons. The molecule has 2 atom stereocenters. The standard InChI is InChI=1S/C26H26N4O4S3/c1-34-26(32)29-20(14-17-6-3-2-4-7-17)24(31)27-21(15-18-9-11-19(12-10-18)30-37-33)25-28-22(16-36-25)23-8-5-13-35-23/h2-13,16,20-21,30,33H,14-15H2,1H3,(H,27,31)(H,29,32)/t20-,21-/m0/s1. The summed E-state index contributed by atoms with van der Waals surface area (Å²) < 4.78 is 16.6. The maximum atomic E-state index is 13.5. The van der Waals surface area contributed by atoms with Gasteiger partial charge in [-0.15, -0.1) is 22.7 Å². The first-order chi connectivity index (χ1) is 18.1. The summed E-state index contributed by atoms with van der Waals surface area (Å²) in [6.07, 6.45) is 0.129. The van der Waals surface area contributed by atoms with Gasteiger partial charge in [-0.3, -0.25) is 4.79 Å². The van der Waals surface area contributed by atoms with Crippen molar-refractivity contribution >= 4 is 52.6 Å². The predicted molar refractivity (Wildman–Crippen MR) is 150 cm³/mol. The highest BCUT2D eigenvalue weighted by molar-refractivity contribution is 7.95. The second-order valence-corrected chi connectivity index (χ2v) is 10.3. The van der Waals surface area contributed by atoms with E-state index in [1.165, 1.54) is 18.4 Å². The SMILES string of the molecule is COC(=O)N[C@@H](Cc1ccccc1)C(=O)N[C@@H](Cc1ccc(NSO)cc1)c1nc(-c2cccs2)cs1. The fraction of sp³-hybridized carbons (Fsp3) is 0.192. The molecule has 0 aliphatic carbocycles. The maximum Gasteiger partial charge on any atom is 0.407 e. The molecule has 0 fully saturated rings. The largest absolute Gasteiger partial charge is 0.453 e. The van der Waals surface area contributed by atoms with E-state index in [0.717, 1.165) is 32.4 Å². The van der Waals surface area contributed by atoms with Crippen molar-refractivity contribution in [1.29, 1.82) is 0 Å². The minimum atomic E-state index is -0.831. The predicted octanol–water partition coefficient (Wildman–Crippen LogP) is 5.77. The number of aromatic nitrogens is 1. The van der Waals surface area contributed by atoms with E-state index in [-0.39, 0.29) is 5.91 Å². The Morgan fingerprint density at radius 2 is 1.73 bits per heavy atom. The molecule has 4 rings (SSSR count). The Morgan fingerprint density at radius 1 is 0.973 bits per heavy atom. The molecule has 0 unspecified atom stereocenters. The zero-order valence-electron chi connectivity index (χ0n) is 19.9. The lowest BCUT2D eigenvalue weighted by Crippen LogP contribution is -2.49. The summed E-state index contributed by atoms with van der Waals surface area (Å²) in [7, 11) is 1.27. The molecule has 2 aromatic carbocycles. The summed E-state index contributed by atoms with van der Waals surface area (Å²) in [5.74, 6) is -0.331. The lowest BCUT2D eigenvalue weighted by Gasteiger charge is -2.22. The highest BCUT2D eigenvalue weighted by atomic mass is 32.2. The Balaban J connectivity index is 1.58. The number of hydrogen-bond donors (Lipinski definition) is 4. The first-order valence-electron chi connectivity index (χ1n) is 11.4. The van der Waals surface area contributed by atoms with Crippen molar-refractivity contribution in [2.24, 2.45) is 0 Å². The number of hydrogen-bond acceptors (Lipinski definition) is 9. The Bertz CT molecular complexity index is 1280. The highest BCUT2D eigenvalue weighted by Gasteiger charge is 2.26. The van der Waals surface area contributed by atoms with Gasteiger partial charge in [-0.05, 0) is 41.1 Å². The van der Waals surface area contributed by atoms with Crippen LogP contribution in [0.25, 0.3) is 10.6 Å². The number of anilines is 1. The summed E-state index contributed by atoms with van der Waals surface area (Å²) >= 11 is 3.62. The molecule has 4 N–H and O–H groups in total. The fourth-order valence-electron chi connectivity index (χ4n) is 3.72. The number of carbonyl (C=O) groups excluding carboxylic acids is 2. The molecule has 37 heavy (non-hydrogen) atoms. The van der Waals surface area contributed by atoms with Crippen LogP contribution in [-0.4, -0.2) is 34.7 Å². The van der Waals surface area contributed by atoms with Crippen molar-refractivity contribution in [1.82, 2.24) is 15.6 Å². The monoisotopic (exact) mass is 554 g/mol. The number of nitrogens with zero attached hydrogens (tertiary/aromatic N) is 1. The number of amides is 2. The van der Waals surface area contributed by atoms with Crippen LogP contribution >= 0.6 is 34.9 Å². The smallest absolute Gasteiger partial charge is 0.407 e. The van der Waals surface area contributed by atoms with Gasteiger partial charge in [-0.2, -0.15) is 0 Å². The lowest BCUT2D eigenvalue weighted by molar-refractivity contribution is -0.123. The molecule has 0 aliphatic heterocycles. The van der Waals surface area contributed by atoms with Gasteiger partial charge >= 0.3 is 6.09 Å². The number of carbonyl (C=O) groups is 2. The molecule has 4 aromatic rings. The van der Waals surface area contributed by atoms with Crippen LogP contribution in [-0.2, 0) is 22.4 Å². The van der Waals surface area contributed by atoms with Crippen LogP contribution in [0.1, 0.15) is 22.2 Å². The summed E-state index contributed by atoms with van der Waals surface area (Å²) in [6.45, 7) is 0. The van der Waals surface area contributed by atoms with Crippen molar-refractivity contribution in [2.45, 2.75) is 24.9 Å². The number of nitrogens with one attached hydrogen (secondary N) is 3. The van der Waals surface area contributed by atoms with Crippen molar-refractivity contribution < 1.29 is 18.9 Å². The maximum absolute atomic E-state index is 13.5. The van der Waals surface area contributed by atoms with Gasteiger partial charge in [0.25, 0.3) is 0 Å². The van der Waals surface area contributed by atoms with Gasteiger partial charge in [0.2, 0.25) is 5.91 Å². The summed E-state index contributed by atoms with van der Waals surface area (Å²) in [5.41, 5.74) is 3.51. The molecule has 0 bridgehead atoms. The molecule has 11 heteroatoms. The average molecular weight is 555 g/mol. The second kappa shape index (κ2) is 13.2. The second-order valence-electron chi connectivity index (χ2n) is 8.08. The Hall–Kier alpha value is -3.38. The van der Waals surface area contributed by atoms with Crippen molar-refractivity contribution in [3.05, 3.63) is 93.6 Å². The van der Waals surface area contributed by atoms with Crippen LogP contribution in [0.3, 0.4) is 0 Å². The van der Waals surface area contributed by atoms with E-state index >= 15 is 0 Å². The third-order valence-corrected chi connectivity index (χ3v) is 7.72. The summed E-state index contributed by atoms with van der Waals surface area (Å²) in [6, 6.07) is 19.8. The number of thiazole rings is 1. The molecule has 2 amide bonds. The zero-order chi connectivity index (χ0) is 26.0. The molecule has 8 nitrogen and oxygen atoms in total. The van der Waals surface area contributed by atoms with Crippen LogP contribution < -0.4 is 15.4 Å². The minimum absolute atomic E-state index is 0.312. The van der Waals surface area contributed by atoms with E-state index in [0.29, 0.717) is 25.1 Å². The van der Waals surface area contributed by atoms with Gasteiger partial charge in [0.15, 0.2) is 0 Å². The lowest BCUT2D eigenvalue weighted by atomic mass is 10.0. The van der Waals surface area contributed by atoms with Gasteiger partial charge in [-0.1, -0.05) is 48.5 Å². The third kappa shape index (κ3) is 7.56. The first kappa shape index (κ1) is 26.7. The molecule has 0 aliphatic rings. The van der Waals surface area contributed by atoms with E-state index in [4.69, 9.17) is 14.3 Å². The van der Waals surface area contributed by atoms with E-state index < -0.39 is 18.2 Å². The number of alkyl carbamates (subject to hydrolysis) is 1. The Labute approximate surface area is 227 Å². The molecule has 0 spiro atoms. The van der Waals surface area contributed by atoms with Gasteiger partial charge in [0.05, 0.1) is 23.7 Å². The molecular weight excluding hydrogens is 529 g/mol. The van der Waals surface area contributed by atoms with Crippen LogP contribution in [0.5, 0.6) is 0 Å². The first-order valence-corrected chi connectivity index (χ1v) is 13.9. The van der Waals surface area contributed by atoms with Gasteiger partial charge in [0, 0.05) is 17.5 Å². The summed E-state index contributed by atoms with van der Waals surface area (Å²) in [5, 5.41) is 10.5. The van der Waals surface area contributed by atoms with Crippen LogP contribution in [0.15, 0.2) is 77.5 Å². The molecule has 2 heterocycles. The molecule has 2 aromatic heterocycles. The Kier molecular flexibility index (Phi) is 9.55. The number of thiophene rings is 1. The molecule has 192 valence electrons. The van der Waals surface area contributed by atoms with E-state index in [9.17, 15) is 9.59 Å².